The number of rotatable bonds is 2. The van der Waals surface area contributed by atoms with E-state index in [0.717, 1.165) is 32.1 Å². The summed E-state index contributed by atoms with van der Waals surface area (Å²) in [5.74, 6) is 0.389. The molecule has 2 fully saturated rings. The van der Waals surface area contributed by atoms with Gasteiger partial charge in [-0.25, -0.2) is 0 Å². The van der Waals surface area contributed by atoms with Crippen LogP contribution in [0.25, 0.3) is 0 Å². The molecule has 2 atom stereocenters. The fourth-order valence-corrected chi connectivity index (χ4v) is 4.90. The van der Waals surface area contributed by atoms with Gasteiger partial charge in [-0.2, -0.15) is 17.0 Å². The summed E-state index contributed by atoms with van der Waals surface area (Å²) in [5.41, 5.74) is 0. The van der Waals surface area contributed by atoms with E-state index in [1.807, 2.05) is 0 Å². The van der Waals surface area contributed by atoms with E-state index < -0.39 is 10.2 Å². The Balaban J connectivity index is 2.05. The van der Waals surface area contributed by atoms with Gasteiger partial charge in [-0.05, 0) is 25.2 Å². The zero-order valence-electron chi connectivity index (χ0n) is 11.0. The van der Waals surface area contributed by atoms with Crippen LogP contribution >= 0.6 is 15.9 Å². The molecule has 18 heavy (non-hydrogen) atoms. The average molecular weight is 339 g/mol. The molecule has 0 aromatic carbocycles. The van der Waals surface area contributed by atoms with Crippen molar-refractivity contribution in [3.63, 3.8) is 0 Å². The van der Waals surface area contributed by atoms with E-state index in [1.165, 1.54) is 0 Å². The highest BCUT2D eigenvalue weighted by Crippen LogP contribution is 2.27. The molecule has 2 unspecified atom stereocenters. The molecule has 4 nitrogen and oxygen atoms in total. The Hall–Kier alpha value is 0.350. The molecule has 0 aromatic rings. The SMILES string of the molecule is CC1CN(S(=O)(=O)N2CCCCCC2)CCC1Br. The highest BCUT2D eigenvalue weighted by atomic mass is 79.9. The highest BCUT2D eigenvalue weighted by molar-refractivity contribution is 9.09. The Morgan fingerprint density at radius 2 is 1.61 bits per heavy atom. The molecule has 0 aromatic heterocycles. The average Bonchev–Trinajstić information content (AvgIpc) is 2.61. The van der Waals surface area contributed by atoms with Crippen LogP contribution in [0.1, 0.15) is 39.0 Å². The number of hydrogen-bond acceptors (Lipinski definition) is 2. The van der Waals surface area contributed by atoms with Gasteiger partial charge in [0.15, 0.2) is 0 Å². The highest BCUT2D eigenvalue weighted by Gasteiger charge is 2.35. The molecule has 2 rings (SSSR count). The molecular weight excluding hydrogens is 316 g/mol. The molecule has 0 N–H and O–H groups in total. The van der Waals surface area contributed by atoms with Crippen molar-refractivity contribution in [1.29, 1.82) is 0 Å². The van der Waals surface area contributed by atoms with Crippen LogP contribution in [0.4, 0.5) is 0 Å². The first-order valence-electron chi connectivity index (χ1n) is 6.91. The summed E-state index contributed by atoms with van der Waals surface area (Å²) < 4.78 is 28.5. The van der Waals surface area contributed by atoms with Crippen LogP contribution < -0.4 is 0 Å². The Labute approximate surface area is 119 Å². The maximum atomic E-state index is 12.6. The second-order valence-corrected chi connectivity index (χ2v) is 8.57. The first-order chi connectivity index (χ1) is 8.51. The summed E-state index contributed by atoms with van der Waals surface area (Å²) >= 11 is 3.62. The maximum Gasteiger partial charge on any atom is 0.281 e. The Morgan fingerprint density at radius 3 is 2.17 bits per heavy atom. The largest absolute Gasteiger partial charge is 0.281 e. The maximum absolute atomic E-state index is 12.6. The lowest BCUT2D eigenvalue weighted by Crippen LogP contribution is -2.50. The van der Waals surface area contributed by atoms with Gasteiger partial charge in [0.25, 0.3) is 10.2 Å². The molecule has 0 saturated carbocycles. The van der Waals surface area contributed by atoms with E-state index in [1.54, 1.807) is 8.61 Å². The van der Waals surface area contributed by atoms with E-state index in [2.05, 4.69) is 22.9 Å². The first-order valence-corrected chi connectivity index (χ1v) is 9.22. The number of halogens is 1. The van der Waals surface area contributed by atoms with Crippen LogP contribution in [0.5, 0.6) is 0 Å². The van der Waals surface area contributed by atoms with Crippen LogP contribution in [-0.2, 0) is 10.2 Å². The summed E-state index contributed by atoms with van der Waals surface area (Å²) in [7, 11) is -3.22. The van der Waals surface area contributed by atoms with Gasteiger partial charge in [-0.15, -0.1) is 0 Å². The van der Waals surface area contributed by atoms with Gasteiger partial charge >= 0.3 is 0 Å². The number of hydrogen-bond donors (Lipinski definition) is 0. The number of piperidine rings is 1. The smallest absolute Gasteiger partial charge is 0.195 e. The lowest BCUT2D eigenvalue weighted by Gasteiger charge is -2.36. The molecule has 0 aliphatic carbocycles. The van der Waals surface area contributed by atoms with Crippen LogP contribution in [0.15, 0.2) is 0 Å². The van der Waals surface area contributed by atoms with Crippen molar-refractivity contribution in [1.82, 2.24) is 8.61 Å². The Kier molecular flexibility index (Phi) is 5.08. The van der Waals surface area contributed by atoms with Crippen molar-refractivity contribution in [3.05, 3.63) is 0 Å². The van der Waals surface area contributed by atoms with Crippen LogP contribution in [0.3, 0.4) is 0 Å². The fraction of sp³-hybridized carbons (Fsp3) is 1.00. The van der Waals surface area contributed by atoms with E-state index in [0.29, 0.717) is 36.9 Å². The third kappa shape index (κ3) is 3.26. The predicted molar refractivity (Wildman–Crippen MR) is 77.0 cm³/mol. The van der Waals surface area contributed by atoms with Crippen LogP contribution in [0.2, 0.25) is 0 Å². The standard InChI is InChI=1S/C12H23BrN2O2S/c1-11-10-15(9-6-12(11)13)18(16,17)14-7-4-2-3-5-8-14/h11-12H,2-10H2,1H3. The Morgan fingerprint density at radius 1 is 1.00 bits per heavy atom. The summed E-state index contributed by atoms with van der Waals surface area (Å²) in [6.07, 6.45) is 5.24. The first kappa shape index (κ1) is 14.8. The molecule has 2 aliphatic heterocycles. The molecule has 0 spiro atoms. The van der Waals surface area contributed by atoms with Gasteiger partial charge in [0, 0.05) is 31.0 Å². The molecule has 106 valence electrons. The molecule has 0 bridgehead atoms. The van der Waals surface area contributed by atoms with E-state index >= 15 is 0 Å². The second-order valence-electron chi connectivity index (χ2n) is 5.46. The zero-order chi connectivity index (χ0) is 13.2. The minimum Gasteiger partial charge on any atom is -0.195 e. The van der Waals surface area contributed by atoms with Crippen LogP contribution in [0, 0.1) is 5.92 Å². The second kappa shape index (κ2) is 6.20. The van der Waals surface area contributed by atoms with Gasteiger partial charge in [0.2, 0.25) is 0 Å². The van der Waals surface area contributed by atoms with E-state index in [4.69, 9.17) is 0 Å². The topological polar surface area (TPSA) is 40.6 Å². The van der Waals surface area contributed by atoms with E-state index in [-0.39, 0.29) is 0 Å². The monoisotopic (exact) mass is 338 g/mol. The molecular formula is C12H23BrN2O2S. The van der Waals surface area contributed by atoms with Gasteiger partial charge in [0.1, 0.15) is 0 Å². The summed E-state index contributed by atoms with van der Waals surface area (Å²) in [4.78, 5) is 0.452. The van der Waals surface area contributed by atoms with Gasteiger partial charge in [-0.3, -0.25) is 0 Å². The zero-order valence-corrected chi connectivity index (χ0v) is 13.4. The third-order valence-corrected chi connectivity index (χ3v) is 7.34. The van der Waals surface area contributed by atoms with Crippen molar-refractivity contribution in [2.45, 2.75) is 43.9 Å². The summed E-state index contributed by atoms with van der Waals surface area (Å²) in [5, 5.41) is 0. The van der Waals surface area contributed by atoms with Crippen molar-refractivity contribution < 1.29 is 8.42 Å². The summed E-state index contributed by atoms with van der Waals surface area (Å²) in [6, 6.07) is 0. The van der Waals surface area contributed by atoms with Crippen molar-refractivity contribution in [2.75, 3.05) is 26.2 Å². The molecule has 6 heteroatoms. The van der Waals surface area contributed by atoms with Crippen molar-refractivity contribution in [2.24, 2.45) is 5.92 Å². The fourth-order valence-electron chi connectivity index (χ4n) is 2.72. The molecule has 0 radical (unpaired) electrons. The quantitative estimate of drug-likeness (QED) is 0.724. The van der Waals surface area contributed by atoms with Gasteiger partial charge in [0.05, 0.1) is 0 Å². The lowest BCUT2D eigenvalue weighted by molar-refractivity contribution is 0.266. The molecule has 0 amide bonds. The van der Waals surface area contributed by atoms with Crippen LogP contribution in [-0.4, -0.2) is 48.0 Å². The predicted octanol–water partition coefficient (Wildman–Crippen LogP) is 2.21. The number of alkyl halides is 1. The minimum atomic E-state index is -3.22. The van der Waals surface area contributed by atoms with Crippen molar-refractivity contribution >= 4 is 26.1 Å². The summed E-state index contributed by atoms with van der Waals surface area (Å²) in [6.45, 7) is 4.81. The number of nitrogens with zero attached hydrogens (tertiary/aromatic N) is 2. The molecule has 2 saturated heterocycles. The van der Waals surface area contributed by atoms with Crippen molar-refractivity contribution in [3.8, 4) is 0 Å². The normalized spacial score (nSPS) is 33.2. The van der Waals surface area contributed by atoms with E-state index in [9.17, 15) is 8.42 Å². The third-order valence-electron chi connectivity index (χ3n) is 3.98. The Bertz CT molecular complexity index is 366. The minimum absolute atomic E-state index is 0.389. The van der Waals surface area contributed by atoms with Gasteiger partial charge < -0.3 is 0 Å². The van der Waals surface area contributed by atoms with Gasteiger partial charge in [-0.1, -0.05) is 35.7 Å². The molecule has 2 aliphatic rings. The molecule has 2 heterocycles. The lowest BCUT2D eigenvalue weighted by atomic mass is 10.0.